The Morgan fingerprint density at radius 2 is 2.14 bits per heavy atom. The van der Waals surface area contributed by atoms with E-state index in [1.165, 1.54) is 18.6 Å². The SMILES string of the molecule is O=C(O)c1cncc2c(=O)[nH]ccc12. The summed E-state index contributed by atoms with van der Waals surface area (Å²) < 4.78 is 0. The van der Waals surface area contributed by atoms with E-state index < -0.39 is 5.97 Å². The Morgan fingerprint density at radius 1 is 1.36 bits per heavy atom. The number of aromatic carboxylic acids is 1. The Bertz CT molecular complexity index is 559. The molecule has 0 spiro atoms. The first-order chi connectivity index (χ1) is 6.70. The number of hydrogen-bond donors (Lipinski definition) is 2. The van der Waals surface area contributed by atoms with E-state index in [1.54, 1.807) is 6.07 Å². The number of nitrogens with one attached hydrogen (secondary N) is 1. The van der Waals surface area contributed by atoms with Crippen molar-refractivity contribution in [1.82, 2.24) is 9.97 Å². The van der Waals surface area contributed by atoms with Crippen molar-refractivity contribution in [2.45, 2.75) is 0 Å². The number of fused-ring (bicyclic) bond motifs is 1. The van der Waals surface area contributed by atoms with Crippen LogP contribution in [0.4, 0.5) is 0 Å². The molecular weight excluding hydrogens is 184 g/mol. The third-order valence-electron chi connectivity index (χ3n) is 1.93. The van der Waals surface area contributed by atoms with Gasteiger partial charge >= 0.3 is 5.97 Å². The number of carboxylic acids is 1. The van der Waals surface area contributed by atoms with E-state index in [1.807, 2.05) is 0 Å². The minimum absolute atomic E-state index is 0.0357. The number of aromatic amines is 1. The van der Waals surface area contributed by atoms with Crippen molar-refractivity contribution in [3.8, 4) is 0 Å². The zero-order chi connectivity index (χ0) is 10.1. The molecule has 0 fully saturated rings. The number of aromatic nitrogens is 2. The van der Waals surface area contributed by atoms with Crippen molar-refractivity contribution in [3.63, 3.8) is 0 Å². The minimum Gasteiger partial charge on any atom is -0.478 e. The number of pyridine rings is 2. The molecule has 14 heavy (non-hydrogen) atoms. The summed E-state index contributed by atoms with van der Waals surface area (Å²) in [6.07, 6.45) is 3.99. The third-order valence-corrected chi connectivity index (χ3v) is 1.93. The van der Waals surface area contributed by atoms with Gasteiger partial charge in [0.2, 0.25) is 0 Å². The van der Waals surface area contributed by atoms with Crippen molar-refractivity contribution in [3.05, 3.63) is 40.6 Å². The van der Waals surface area contributed by atoms with Gasteiger partial charge < -0.3 is 10.1 Å². The number of carbonyl (C=O) groups is 1. The van der Waals surface area contributed by atoms with Gasteiger partial charge in [0.1, 0.15) is 0 Å². The highest BCUT2D eigenvalue weighted by atomic mass is 16.4. The lowest BCUT2D eigenvalue weighted by Gasteiger charge is -1.99. The van der Waals surface area contributed by atoms with Gasteiger partial charge in [0, 0.05) is 24.0 Å². The minimum atomic E-state index is -1.09. The average Bonchev–Trinajstić information content (AvgIpc) is 2.17. The molecule has 0 aliphatic heterocycles. The third kappa shape index (κ3) is 1.15. The molecule has 0 aliphatic carbocycles. The van der Waals surface area contributed by atoms with Crippen LogP contribution in [0.5, 0.6) is 0 Å². The largest absolute Gasteiger partial charge is 0.478 e. The standard InChI is InChI=1S/C9H6N2O3/c12-8-6-3-10-4-7(9(13)14)5(6)1-2-11-8/h1-4H,(H,11,12)(H,13,14). The summed E-state index contributed by atoms with van der Waals surface area (Å²) >= 11 is 0. The molecule has 0 atom stereocenters. The second-order valence-corrected chi connectivity index (χ2v) is 2.76. The summed E-state index contributed by atoms with van der Waals surface area (Å²) in [7, 11) is 0. The van der Waals surface area contributed by atoms with Crippen molar-refractivity contribution in [2.24, 2.45) is 0 Å². The maximum Gasteiger partial charge on any atom is 0.337 e. The van der Waals surface area contributed by atoms with Gasteiger partial charge in [-0.3, -0.25) is 9.78 Å². The van der Waals surface area contributed by atoms with Crippen molar-refractivity contribution < 1.29 is 9.90 Å². The molecule has 2 N–H and O–H groups in total. The highest BCUT2D eigenvalue weighted by molar-refractivity contribution is 6.02. The van der Waals surface area contributed by atoms with E-state index in [4.69, 9.17) is 5.11 Å². The zero-order valence-corrected chi connectivity index (χ0v) is 7.02. The van der Waals surface area contributed by atoms with Crippen LogP contribution >= 0.6 is 0 Å². The molecule has 0 saturated heterocycles. The lowest BCUT2D eigenvalue weighted by atomic mass is 10.1. The van der Waals surface area contributed by atoms with Gasteiger partial charge in [-0.1, -0.05) is 0 Å². The molecule has 2 aromatic heterocycles. The molecule has 5 heteroatoms. The number of rotatable bonds is 1. The summed E-state index contributed by atoms with van der Waals surface area (Å²) in [5.74, 6) is -1.09. The summed E-state index contributed by atoms with van der Waals surface area (Å²) in [4.78, 5) is 28.2. The molecule has 0 bridgehead atoms. The van der Waals surface area contributed by atoms with Gasteiger partial charge in [-0.2, -0.15) is 0 Å². The Kier molecular flexibility index (Phi) is 1.78. The molecule has 0 radical (unpaired) electrons. The van der Waals surface area contributed by atoms with Gasteiger partial charge in [0.05, 0.1) is 10.9 Å². The Morgan fingerprint density at radius 3 is 2.86 bits per heavy atom. The molecule has 2 rings (SSSR count). The van der Waals surface area contributed by atoms with Crippen molar-refractivity contribution >= 4 is 16.7 Å². The predicted molar refractivity (Wildman–Crippen MR) is 49.3 cm³/mol. The first-order valence-corrected chi connectivity index (χ1v) is 3.89. The van der Waals surface area contributed by atoms with Crippen LogP contribution in [0.15, 0.2) is 29.5 Å². The predicted octanol–water partition coefficient (Wildman–Crippen LogP) is 0.621. The second-order valence-electron chi connectivity index (χ2n) is 2.76. The Balaban J connectivity index is 2.95. The van der Waals surface area contributed by atoms with Gasteiger partial charge in [-0.25, -0.2) is 4.79 Å². The van der Waals surface area contributed by atoms with E-state index in [-0.39, 0.29) is 16.5 Å². The first-order valence-electron chi connectivity index (χ1n) is 3.89. The number of carboxylic acid groups (broad SMARTS) is 1. The molecule has 2 heterocycles. The van der Waals surface area contributed by atoms with Crippen LogP contribution in [0.1, 0.15) is 10.4 Å². The maximum absolute atomic E-state index is 11.3. The lowest BCUT2D eigenvalue weighted by molar-refractivity contribution is 0.0698. The van der Waals surface area contributed by atoms with Crippen molar-refractivity contribution in [1.29, 1.82) is 0 Å². The number of H-pyrrole nitrogens is 1. The molecule has 0 aromatic carbocycles. The van der Waals surface area contributed by atoms with Crippen LogP contribution in [0.2, 0.25) is 0 Å². The van der Waals surface area contributed by atoms with Crippen LogP contribution in [0.3, 0.4) is 0 Å². The normalized spacial score (nSPS) is 10.3. The molecule has 0 unspecified atom stereocenters. The van der Waals surface area contributed by atoms with Gasteiger partial charge in [-0.05, 0) is 6.07 Å². The van der Waals surface area contributed by atoms with Crippen LogP contribution in [-0.4, -0.2) is 21.0 Å². The van der Waals surface area contributed by atoms with Crippen LogP contribution in [0.25, 0.3) is 10.8 Å². The smallest absolute Gasteiger partial charge is 0.337 e. The number of nitrogens with zero attached hydrogens (tertiary/aromatic N) is 1. The summed E-state index contributed by atoms with van der Waals surface area (Å²) in [5.41, 5.74) is -0.299. The van der Waals surface area contributed by atoms with Gasteiger partial charge in [0.25, 0.3) is 5.56 Å². The van der Waals surface area contributed by atoms with Crippen LogP contribution in [-0.2, 0) is 0 Å². The molecule has 0 saturated carbocycles. The van der Waals surface area contributed by atoms with E-state index in [0.29, 0.717) is 5.39 Å². The van der Waals surface area contributed by atoms with E-state index in [0.717, 1.165) is 0 Å². The average molecular weight is 190 g/mol. The quantitative estimate of drug-likeness (QED) is 0.690. The molecule has 70 valence electrons. The Hall–Kier alpha value is -2.17. The van der Waals surface area contributed by atoms with E-state index in [2.05, 4.69) is 9.97 Å². The maximum atomic E-state index is 11.3. The summed E-state index contributed by atoms with van der Waals surface area (Å²) in [6, 6.07) is 1.54. The molecule has 0 aliphatic rings. The fourth-order valence-electron chi connectivity index (χ4n) is 1.28. The highest BCUT2D eigenvalue weighted by Gasteiger charge is 2.09. The van der Waals surface area contributed by atoms with Gasteiger partial charge in [-0.15, -0.1) is 0 Å². The van der Waals surface area contributed by atoms with Crippen LogP contribution in [0, 0.1) is 0 Å². The summed E-state index contributed by atoms with van der Waals surface area (Å²) in [6.45, 7) is 0. The van der Waals surface area contributed by atoms with Crippen LogP contribution < -0.4 is 5.56 Å². The molecular formula is C9H6N2O3. The topological polar surface area (TPSA) is 83.0 Å². The first kappa shape index (κ1) is 8.43. The number of hydrogen-bond acceptors (Lipinski definition) is 3. The molecule has 0 amide bonds. The lowest BCUT2D eigenvalue weighted by Crippen LogP contribution is -2.08. The second kappa shape index (κ2) is 2.95. The monoisotopic (exact) mass is 190 g/mol. The molecule has 5 nitrogen and oxygen atoms in total. The molecule has 2 aromatic rings. The fraction of sp³-hybridized carbons (Fsp3) is 0. The Labute approximate surface area is 78.0 Å². The van der Waals surface area contributed by atoms with E-state index in [9.17, 15) is 9.59 Å². The van der Waals surface area contributed by atoms with E-state index >= 15 is 0 Å². The van der Waals surface area contributed by atoms with Gasteiger partial charge in [0.15, 0.2) is 0 Å². The van der Waals surface area contributed by atoms with Crippen molar-refractivity contribution in [2.75, 3.05) is 0 Å². The zero-order valence-electron chi connectivity index (χ0n) is 7.02. The highest BCUT2D eigenvalue weighted by Crippen LogP contribution is 2.12. The summed E-state index contributed by atoms with van der Waals surface area (Å²) in [5, 5.41) is 9.51. The fourth-order valence-corrected chi connectivity index (χ4v) is 1.28.